The van der Waals surface area contributed by atoms with Crippen LogP contribution in [0.1, 0.15) is 28.2 Å². The van der Waals surface area contributed by atoms with Gasteiger partial charge in [-0.25, -0.2) is 23.7 Å². The third kappa shape index (κ3) is 4.00. The number of amidine groups is 1. The van der Waals surface area contributed by atoms with E-state index >= 15 is 0 Å². The maximum Gasteiger partial charge on any atom is 0.276 e. The molecular formula is C22H21F2N5O3S. The molecule has 11 heteroatoms. The van der Waals surface area contributed by atoms with Gasteiger partial charge < -0.3 is 20.9 Å². The summed E-state index contributed by atoms with van der Waals surface area (Å²) in [4.78, 5) is 25.2. The van der Waals surface area contributed by atoms with E-state index in [-0.39, 0.29) is 41.2 Å². The number of alkyl halides is 1. The van der Waals surface area contributed by atoms with Crippen molar-refractivity contribution in [3.05, 3.63) is 47.2 Å². The Hall–Kier alpha value is -3.23. The first-order chi connectivity index (χ1) is 15.8. The maximum atomic E-state index is 14.9. The van der Waals surface area contributed by atoms with E-state index < -0.39 is 34.6 Å². The van der Waals surface area contributed by atoms with Crippen LogP contribution >= 0.6 is 11.8 Å². The Bertz CT molecular complexity index is 1190. The number of carbonyl (C=O) groups excluding carboxylic acids is 1. The zero-order valence-corrected chi connectivity index (χ0v) is 18.5. The second-order valence-corrected chi connectivity index (χ2v) is 9.31. The van der Waals surface area contributed by atoms with Gasteiger partial charge >= 0.3 is 0 Å². The van der Waals surface area contributed by atoms with Crippen LogP contribution in [0, 0.1) is 31.0 Å². The van der Waals surface area contributed by atoms with Gasteiger partial charge in [0.1, 0.15) is 23.7 Å². The van der Waals surface area contributed by atoms with Crippen LogP contribution < -0.4 is 15.8 Å². The smallest absolute Gasteiger partial charge is 0.276 e. The molecule has 4 N–H and O–H groups in total. The summed E-state index contributed by atoms with van der Waals surface area (Å²) in [5.74, 6) is 0.785. The van der Waals surface area contributed by atoms with Crippen LogP contribution in [0.3, 0.4) is 0 Å². The van der Waals surface area contributed by atoms with Gasteiger partial charge in [-0.15, -0.1) is 6.42 Å². The second-order valence-electron chi connectivity index (χ2n) is 7.87. The van der Waals surface area contributed by atoms with Crippen LogP contribution in [0.5, 0.6) is 5.88 Å². The molecule has 2 aromatic rings. The highest BCUT2D eigenvalue weighted by atomic mass is 32.2. The number of aliphatic hydroxyl groups is 1. The predicted octanol–water partition coefficient (Wildman–Crippen LogP) is 2.17. The minimum Gasteiger partial charge on any atom is -0.463 e. The number of amides is 1. The summed E-state index contributed by atoms with van der Waals surface area (Å²) in [5.41, 5.74) is 4.86. The Labute approximate surface area is 193 Å². The molecule has 1 aromatic carbocycles. The SMILES string of the molecule is C#CCOc1cnc(C(=O)Nc2ccc(F)c([C@@]3(CF)N=C(N)S[C@@]4(CO)C[C@H]43)c2)c(C)n1. The number of hydrogen-bond donors (Lipinski definition) is 3. The fourth-order valence-electron chi connectivity index (χ4n) is 4.15. The van der Waals surface area contributed by atoms with Crippen molar-refractivity contribution >= 4 is 28.5 Å². The number of nitrogens with zero attached hydrogens (tertiary/aromatic N) is 3. The zero-order valence-electron chi connectivity index (χ0n) is 17.6. The van der Waals surface area contributed by atoms with E-state index in [1.54, 1.807) is 6.92 Å². The van der Waals surface area contributed by atoms with E-state index in [1.807, 2.05) is 0 Å². The molecule has 1 fully saturated rings. The lowest BCUT2D eigenvalue weighted by Crippen LogP contribution is -2.41. The number of aromatic nitrogens is 2. The van der Waals surface area contributed by atoms with Crippen LogP contribution in [0.25, 0.3) is 0 Å². The van der Waals surface area contributed by atoms with Crippen molar-refractivity contribution in [1.29, 1.82) is 0 Å². The first-order valence-electron chi connectivity index (χ1n) is 10.0. The van der Waals surface area contributed by atoms with Gasteiger partial charge in [0, 0.05) is 17.2 Å². The number of thioether (sulfide) groups is 1. The number of terminal acetylenes is 1. The van der Waals surface area contributed by atoms with Gasteiger partial charge in [0.15, 0.2) is 11.8 Å². The van der Waals surface area contributed by atoms with Crippen molar-refractivity contribution < 1.29 is 23.4 Å². The monoisotopic (exact) mass is 473 g/mol. The lowest BCUT2D eigenvalue weighted by Gasteiger charge is -2.34. The Morgan fingerprint density at radius 3 is 2.97 bits per heavy atom. The normalized spacial score (nSPS) is 25.4. The highest BCUT2D eigenvalue weighted by molar-refractivity contribution is 8.15. The van der Waals surface area contributed by atoms with Crippen LogP contribution in [0.4, 0.5) is 14.5 Å². The number of halogens is 2. The van der Waals surface area contributed by atoms with Gasteiger partial charge in [0.2, 0.25) is 5.88 Å². The average molecular weight is 474 g/mol. The summed E-state index contributed by atoms with van der Waals surface area (Å²) in [6.45, 7) is 0.367. The molecule has 0 unspecified atom stereocenters. The fraction of sp³-hybridized carbons (Fsp3) is 0.364. The summed E-state index contributed by atoms with van der Waals surface area (Å²) in [6, 6.07) is 3.83. The number of ether oxygens (including phenoxy) is 1. The van der Waals surface area contributed by atoms with Crippen LogP contribution in [-0.4, -0.2) is 50.8 Å². The lowest BCUT2D eigenvalue weighted by atomic mass is 9.84. The largest absolute Gasteiger partial charge is 0.463 e. The number of aliphatic imine (C=N–C) groups is 1. The van der Waals surface area contributed by atoms with Gasteiger partial charge in [0.25, 0.3) is 5.91 Å². The van der Waals surface area contributed by atoms with E-state index in [2.05, 4.69) is 26.2 Å². The topological polar surface area (TPSA) is 123 Å². The number of nitrogens with two attached hydrogens (primary N) is 1. The fourth-order valence-corrected chi connectivity index (χ4v) is 5.43. The molecule has 4 rings (SSSR count). The highest BCUT2D eigenvalue weighted by Crippen LogP contribution is 2.65. The molecule has 0 bridgehead atoms. The highest BCUT2D eigenvalue weighted by Gasteiger charge is 2.68. The van der Waals surface area contributed by atoms with Crippen LogP contribution in [0.15, 0.2) is 29.4 Å². The van der Waals surface area contributed by atoms with Crippen LogP contribution in [0.2, 0.25) is 0 Å². The molecule has 1 aromatic heterocycles. The number of anilines is 1. The molecule has 0 saturated heterocycles. The van der Waals surface area contributed by atoms with Crippen molar-refractivity contribution in [3.8, 4) is 18.2 Å². The Kier molecular flexibility index (Phi) is 5.99. The number of fused-ring (bicyclic) bond motifs is 1. The lowest BCUT2D eigenvalue weighted by molar-refractivity contribution is 0.102. The van der Waals surface area contributed by atoms with E-state index in [0.717, 1.165) is 6.07 Å². The number of aryl methyl sites for hydroxylation is 1. The maximum absolute atomic E-state index is 14.9. The van der Waals surface area contributed by atoms with E-state index in [0.29, 0.717) is 12.1 Å². The zero-order chi connectivity index (χ0) is 23.8. The average Bonchev–Trinajstić information content (AvgIpc) is 3.53. The molecule has 3 atom stereocenters. The number of hydrogen-bond acceptors (Lipinski definition) is 8. The molecule has 2 heterocycles. The van der Waals surface area contributed by atoms with E-state index in [9.17, 15) is 18.7 Å². The minimum absolute atomic E-state index is 0.0123. The molecule has 33 heavy (non-hydrogen) atoms. The standard InChI is InChI=1S/C22H21F2N5O3S/c1-3-6-32-17-9-26-18(12(2)27-17)19(31)28-13-4-5-15(24)14(7-13)22(10-23)16-8-21(16,11-30)33-20(25)29-22/h1,4-5,7,9,16,30H,6,8,10-11H2,2H3,(H2,25,29)(H,28,31)/t16-,21-,22-/m1/s1. The first kappa shape index (κ1) is 22.9. The van der Waals surface area contributed by atoms with Crippen molar-refractivity contribution in [2.75, 3.05) is 25.2 Å². The first-order valence-corrected chi connectivity index (χ1v) is 10.8. The number of nitrogens with one attached hydrogen (secondary N) is 1. The third-order valence-electron chi connectivity index (χ3n) is 5.82. The summed E-state index contributed by atoms with van der Waals surface area (Å²) < 4.78 is 33.8. The predicted molar refractivity (Wildman–Crippen MR) is 120 cm³/mol. The Morgan fingerprint density at radius 1 is 1.52 bits per heavy atom. The number of carbonyl (C=O) groups is 1. The molecule has 1 aliphatic heterocycles. The molecule has 0 radical (unpaired) electrons. The molecule has 1 saturated carbocycles. The van der Waals surface area contributed by atoms with Gasteiger partial charge in [-0.1, -0.05) is 17.7 Å². The van der Waals surface area contributed by atoms with E-state index in [4.69, 9.17) is 16.9 Å². The molecule has 2 aliphatic rings. The van der Waals surface area contributed by atoms with E-state index in [1.165, 1.54) is 30.1 Å². The van der Waals surface area contributed by atoms with Crippen molar-refractivity contribution in [3.63, 3.8) is 0 Å². The van der Waals surface area contributed by atoms with Crippen molar-refractivity contribution in [2.45, 2.75) is 23.6 Å². The summed E-state index contributed by atoms with van der Waals surface area (Å²) in [6.07, 6.45) is 6.86. The summed E-state index contributed by atoms with van der Waals surface area (Å²) in [5, 5.41) is 12.5. The van der Waals surface area contributed by atoms with Gasteiger partial charge in [-0.2, -0.15) is 0 Å². The van der Waals surface area contributed by atoms with Crippen molar-refractivity contribution in [2.24, 2.45) is 16.6 Å². The molecular weight excluding hydrogens is 452 g/mol. The van der Waals surface area contributed by atoms with Gasteiger partial charge in [-0.3, -0.25) is 4.79 Å². The van der Waals surface area contributed by atoms with Gasteiger partial charge in [0.05, 0.1) is 23.2 Å². The molecule has 1 amide bonds. The molecule has 172 valence electrons. The summed E-state index contributed by atoms with van der Waals surface area (Å²) in [7, 11) is 0. The molecule has 8 nitrogen and oxygen atoms in total. The third-order valence-corrected chi connectivity index (χ3v) is 7.11. The Balaban J connectivity index is 1.63. The van der Waals surface area contributed by atoms with Crippen LogP contribution in [-0.2, 0) is 5.54 Å². The summed E-state index contributed by atoms with van der Waals surface area (Å²) >= 11 is 1.18. The number of rotatable bonds is 7. The minimum atomic E-state index is -1.57. The molecule has 1 aliphatic carbocycles. The molecule has 0 spiro atoms. The quantitative estimate of drug-likeness (QED) is 0.527. The number of aliphatic hydroxyl groups excluding tert-OH is 1. The second kappa shape index (κ2) is 8.61. The number of benzene rings is 1. The Morgan fingerprint density at radius 2 is 2.30 bits per heavy atom. The van der Waals surface area contributed by atoms with Gasteiger partial charge in [-0.05, 0) is 31.5 Å². The van der Waals surface area contributed by atoms with Crippen molar-refractivity contribution in [1.82, 2.24) is 9.97 Å².